The molecule has 3 rings (SSSR count). The van der Waals surface area contributed by atoms with Crippen molar-refractivity contribution in [1.82, 2.24) is 5.32 Å². The highest BCUT2D eigenvalue weighted by Gasteiger charge is 2.24. The van der Waals surface area contributed by atoms with Crippen LogP contribution in [0.4, 0.5) is 10.1 Å². The van der Waals surface area contributed by atoms with Gasteiger partial charge in [0.05, 0.1) is 12.0 Å². The molecule has 0 aliphatic rings. The zero-order valence-corrected chi connectivity index (χ0v) is 14.2. The van der Waals surface area contributed by atoms with Crippen LogP contribution in [-0.4, -0.2) is 17.9 Å². The van der Waals surface area contributed by atoms with Crippen LogP contribution < -0.4 is 10.6 Å². The molecule has 3 aromatic rings. The lowest BCUT2D eigenvalue weighted by Gasteiger charge is -2.20. The van der Waals surface area contributed by atoms with Gasteiger partial charge in [0.15, 0.2) is 11.9 Å². The van der Waals surface area contributed by atoms with Crippen molar-refractivity contribution in [1.29, 1.82) is 0 Å². The SMILES string of the molecule is O=C(N[C@H](Nc1ccccc1F)C(=O)c1ccc(Cl)cc1)c1ccco1. The highest BCUT2D eigenvalue weighted by molar-refractivity contribution is 6.30. The number of carbonyl (C=O) groups is 2. The third-order valence-corrected chi connectivity index (χ3v) is 3.84. The van der Waals surface area contributed by atoms with Gasteiger partial charge < -0.3 is 15.1 Å². The Bertz CT molecular complexity index is 911. The number of rotatable bonds is 6. The number of anilines is 1. The Morgan fingerprint density at radius 3 is 2.38 bits per heavy atom. The first kappa shape index (κ1) is 17.7. The van der Waals surface area contributed by atoms with E-state index in [2.05, 4.69) is 10.6 Å². The third-order valence-electron chi connectivity index (χ3n) is 3.59. The van der Waals surface area contributed by atoms with Gasteiger partial charge in [-0.15, -0.1) is 0 Å². The Labute approximate surface area is 153 Å². The summed E-state index contributed by atoms with van der Waals surface area (Å²) in [6, 6.07) is 15.0. The fourth-order valence-electron chi connectivity index (χ4n) is 2.29. The lowest BCUT2D eigenvalue weighted by atomic mass is 10.1. The Morgan fingerprint density at radius 2 is 1.73 bits per heavy atom. The van der Waals surface area contributed by atoms with Gasteiger partial charge in [-0.3, -0.25) is 9.59 Å². The molecule has 2 N–H and O–H groups in total. The molecule has 7 heteroatoms. The average Bonchev–Trinajstić information content (AvgIpc) is 3.18. The molecule has 0 aliphatic heterocycles. The Hall–Kier alpha value is -3.12. The number of carbonyl (C=O) groups excluding carboxylic acids is 2. The molecule has 0 aliphatic carbocycles. The van der Waals surface area contributed by atoms with Crippen LogP contribution in [-0.2, 0) is 0 Å². The van der Waals surface area contributed by atoms with Crippen molar-refractivity contribution in [2.45, 2.75) is 6.17 Å². The molecular weight excluding hydrogens is 359 g/mol. The molecular formula is C19H14ClFN2O3. The summed E-state index contributed by atoms with van der Waals surface area (Å²) in [7, 11) is 0. The zero-order valence-electron chi connectivity index (χ0n) is 13.4. The van der Waals surface area contributed by atoms with E-state index in [1.807, 2.05) is 0 Å². The molecule has 0 saturated carbocycles. The average molecular weight is 373 g/mol. The maximum Gasteiger partial charge on any atom is 0.288 e. The summed E-state index contributed by atoms with van der Waals surface area (Å²) in [6.07, 6.45) is 0.139. The van der Waals surface area contributed by atoms with Crippen molar-refractivity contribution in [2.24, 2.45) is 0 Å². The number of halogens is 2. The van der Waals surface area contributed by atoms with Crippen LogP contribution in [0.1, 0.15) is 20.9 Å². The van der Waals surface area contributed by atoms with E-state index in [0.717, 1.165) is 0 Å². The van der Waals surface area contributed by atoms with Crippen molar-refractivity contribution in [3.63, 3.8) is 0 Å². The van der Waals surface area contributed by atoms with E-state index >= 15 is 0 Å². The summed E-state index contributed by atoms with van der Waals surface area (Å²) >= 11 is 5.84. The largest absolute Gasteiger partial charge is 0.459 e. The molecule has 1 amide bonds. The fraction of sp³-hybridized carbons (Fsp3) is 0.0526. The van der Waals surface area contributed by atoms with Gasteiger partial charge in [-0.2, -0.15) is 0 Å². The van der Waals surface area contributed by atoms with Crippen LogP contribution in [0.15, 0.2) is 71.3 Å². The van der Waals surface area contributed by atoms with Crippen molar-refractivity contribution >= 4 is 29.0 Å². The van der Waals surface area contributed by atoms with E-state index in [1.54, 1.807) is 24.3 Å². The number of hydrogen-bond acceptors (Lipinski definition) is 4. The minimum Gasteiger partial charge on any atom is -0.459 e. The van der Waals surface area contributed by atoms with E-state index in [0.29, 0.717) is 10.6 Å². The van der Waals surface area contributed by atoms with E-state index in [1.165, 1.54) is 42.7 Å². The van der Waals surface area contributed by atoms with Gasteiger partial charge in [0, 0.05) is 10.6 Å². The minimum absolute atomic E-state index is 0.0363. The second-order valence-corrected chi connectivity index (χ2v) is 5.82. The van der Waals surface area contributed by atoms with Gasteiger partial charge in [-0.05, 0) is 48.5 Å². The predicted molar refractivity (Wildman–Crippen MR) is 95.8 cm³/mol. The van der Waals surface area contributed by atoms with Crippen LogP contribution in [0.25, 0.3) is 0 Å². The molecule has 0 saturated heterocycles. The maximum absolute atomic E-state index is 14.0. The predicted octanol–water partition coefficient (Wildman–Crippen LogP) is 4.12. The number of hydrogen-bond donors (Lipinski definition) is 2. The van der Waals surface area contributed by atoms with Crippen LogP contribution >= 0.6 is 11.6 Å². The number of Topliss-reactive ketones (excluding diaryl/α,β-unsaturated/α-hetero) is 1. The molecule has 1 atom stereocenters. The summed E-state index contributed by atoms with van der Waals surface area (Å²) in [6.45, 7) is 0. The first-order chi connectivity index (χ1) is 12.5. The summed E-state index contributed by atoms with van der Waals surface area (Å²) in [5.41, 5.74) is 0.391. The number of ketones is 1. The monoisotopic (exact) mass is 372 g/mol. The zero-order chi connectivity index (χ0) is 18.5. The van der Waals surface area contributed by atoms with E-state index in [9.17, 15) is 14.0 Å². The number of nitrogens with one attached hydrogen (secondary N) is 2. The van der Waals surface area contributed by atoms with Crippen molar-refractivity contribution in [3.8, 4) is 0 Å². The molecule has 132 valence electrons. The van der Waals surface area contributed by atoms with Crippen LogP contribution in [0.3, 0.4) is 0 Å². The number of para-hydroxylation sites is 1. The Morgan fingerprint density at radius 1 is 1.00 bits per heavy atom. The van der Waals surface area contributed by atoms with Gasteiger partial charge in [0.1, 0.15) is 5.82 Å². The normalized spacial score (nSPS) is 11.6. The second kappa shape index (κ2) is 7.84. The van der Waals surface area contributed by atoms with Gasteiger partial charge >= 0.3 is 0 Å². The number of amides is 1. The molecule has 1 aromatic heterocycles. The van der Waals surface area contributed by atoms with Crippen molar-refractivity contribution in [2.75, 3.05) is 5.32 Å². The summed E-state index contributed by atoms with van der Waals surface area (Å²) in [5, 5.41) is 5.71. The highest BCUT2D eigenvalue weighted by atomic mass is 35.5. The number of furan rings is 1. The lowest BCUT2D eigenvalue weighted by molar-refractivity contribution is 0.0852. The minimum atomic E-state index is -1.20. The van der Waals surface area contributed by atoms with Crippen LogP contribution in [0.2, 0.25) is 5.02 Å². The first-order valence-electron chi connectivity index (χ1n) is 7.70. The first-order valence-corrected chi connectivity index (χ1v) is 8.07. The summed E-state index contributed by atoms with van der Waals surface area (Å²) in [4.78, 5) is 25.1. The van der Waals surface area contributed by atoms with Crippen molar-refractivity contribution < 1.29 is 18.4 Å². The van der Waals surface area contributed by atoms with Gasteiger partial charge in [-0.25, -0.2) is 4.39 Å². The molecule has 0 unspecified atom stereocenters. The van der Waals surface area contributed by atoms with E-state index in [4.69, 9.17) is 16.0 Å². The maximum atomic E-state index is 14.0. The van der Waals surface area contributed by atoms with Crippen LogP contribution in [0.5, 0.6) is 0 Å². The van der Waals surface area contributed by atoms with Crippen molar-refractivity contribution in [3.05, 3.63) is 89.1 Å². The molecule has 0 bridgehead atoms. The van der Waals surface area contributed by atoms with Gasteiger partial charge in [0.2, 0.25) is 5.78 Å². The molecule has 1 heterocycles. The molecule has 2 aromatic carbocycles. The van der Waals surface area contributed by atoms with E-state index < -0.39 is 23.7 Å². The standard InChI is InChI=1S/C19H14ClFN2O3/c20-13-9-7-12(8-10-13)17(24)18(22-15-5-2-1-4-14(15)21)23-19(25)16-6-3-11-26-16/h1-11,18,22H,(H,23,25)/t18-/m0/s1. The van der Waals surface area contributed by atoms with Gasteiger partial charge in [-0.1, -0.05) is 23.7 Å². The quantitative estimate of drug-likeness (QED) is 0.504. The van der Waals surface area contributed by atoms with Gasteiger partial charge in [0.25, 0.3) is 5.91 Å². The number of benzene rings is 2. The summed E-state index contributed by atoms with van der Waals surface area (Å²) < 4.78 is 19.0. The Kier molecular flexibility index (Phi) is 5.34. The third kappa shape index (κ3) is 4.10. The molecule has 0 spiro atoms. The van der Waals surface area contributed by atoms with E-state index in [-0.39, 0.29) is 11.4 Å². The second-order valence-electron chi connectivity index (χ2n) is 5.38. The molecule has 0 radical (unpaired) electrons. The summed E-state index contributed by atoms with van der Waals surface area (Å²) in [5.74, 6) is -1.57. The highest BCUT2D eigenvalue weighted by Crippen LogP contribution is 2.16. The topological polar surface area (TPSA) is 71.3 Å². The smallest absolute Gasteiger partial charge is 0.288 e. The molecule has 0 fully saturated rings. The molecule has 26 heavy (non-hydrogen) atoms. The lowest BCUT2D eigenvalue weighted by Crippen LogP contribution is -2.46. The Balaban J connectivity index is 1.87. The fourth-order valence-corrected chi connectivity index (χ4v) is 2.42. The molecule has 5 nitrogen and oxygen atoms in total. The van der Waals surface area contributed by atoms with Crippen LogP contribution in [0, 0.1) is 5.82 Å².